The molecule has 1 aliphatic rings. The summed E-state index contributed by atoms with van der Waals surface area (Å²) >= 11 is 0. The van der Waals surface area contributed by atoms with Crippen molar-refractivity contribution in [2.24, 2.45) is 5.92 Å². The van der Waals surface area contributed by atoms with Crippen molar-refractivity contribution < 1.29 is 4.79 Å². The van der Waals surface area contributed by atoms with Crippen LogP contribution in [0.3, 0.4) is 0 Å². The largest absolute Gasteiger partial charge is 0.348 e. The summed E-state index contributed by atoms with van der Waals surface area (Å²) in [5.41, 5.74) is 3.20. The molecule has 2 rings (SSSR count). The predicted octanol–water partition coefficient (Wildman–Crippen LogP) is 3.50. The number of hydrogen-bond acceptors (Lipinski definition) is 1. The van der Waals surface area contributed by atoms with Crippen molar-refractivity contribution in [2.45, 2.75) is 52.5 Å². The van der Waals surface area contributed by atoms with Gasteiger partial charge >= 0.3 is 0 Å². The number of aldehydes is 1. The van der Waals surface area contributed by atoms with Crippen LogP contribution in [0.4, 0.5) is 0 Å². The van der Waals surface area contributed by atoms with Gasteiger partial charge in [-0.25, -0.2) is 0 Å². The third-order valence-electron chi connectivity index (χ3n) is 3.98. The van der Waals surface area contributed by atoms with Gasteiger partial charge in [-0.15, -0.1) is 0 Å². The van der Waals surface area contributed by atoms with E-state index in [1.54, 1.807) is 0 Å². The molecular formula is C14H21NO. The number of aromatic nitrogens is 1. The molecule has 1 aromatic heterocycles. The van der Waals surface area contributed by atoms with Gasteiger partial charge in [0.25, 0.3) is 0 Å². The Kier molecular flexibility index (Phi) is 3.47. The first-order valence-corrected chi connectivity index (χ1v) is 6.34. The predicted molar refractivity (Wildman–Crippen MR) is 65.9 cm³/mol. The zero-order chi connectivity index (χ0) is 11.5. The molecule has 0 aliphatic heterocycles. The fourth-order valence-electron chi connectivity index (χ4n) is 2.90. The smallest absolute Gasteiger partial charge is 0.151 e. The molecule has 0 unspecified atom stereocenters. The van der Waals surface area contributed by atoms with Crippen molar-refractivity contribution in [1.29, 1.82) is 0 Å². The van der Waals surface area contributed by atoms with E-state index in [9.17, 15) is 4.79 Å². The van der Waals surface area contributed by atoms with Gasteiger partial charge in [-0.1, -0.05) is 25.7 Å². The van der Waals surface area contributed by atoms with E-state index < -0.39 is 0 Å². The quantitative estimate of drug-likeness (QED) is 0.710. The Morgan fingerprint density at radius 3 is 2.62 bits per heavy atom. The van der Waals surface area contributed by atoms with Crippen LogP contribution in [0.25, 0.3) is 0 Å². The van der Waals surface area contributed by atoms with Gasteiger partial charge in [0.15, 0.2) is 6.29 Å². The van der Waals surface area contributed by atoms with E-state index in [2.05, 4.69) is 11.5 Å². The Morgan fingerprint density at radius 2 is 2.06 bits per heavy atom. The molecule has 0 spiro atoms. The summed E-state index contributed by atoms with van der Waals surface area (Å²) in [5.74, 6) is 0.917. The van der Waals surface area contributed by atoms with Gasteiger partial charge in [-0.3, -0.25) is 4.79 Å². The Bertz CT molecular complexity index is 372. The molecule has 0 N–H and O–H groups in total. The topological polar surface area (TPSA) is 22.0 Å². The highest BCUT2D eigenvalue weighted by molar-refractivity contribution is 5.77. The molecule has 0 radical (unpaired) electrons. The lowest BCUT2D eigenvalue weighted by Gasteiger charge is -2.13. The highest BCUT2D eigenvalue weighted by Gasteiger charge is 2.16. The lowest BCUT2D eigenvalue weighted by Crippen LogP contribution is -2.06. The molecule has 1 aliphatic carbocycles. The SMILES string of the molecule is Cc1cc(C=O)c(C)n1CCC1CCCC1. The van der Waals surface area contributed by atoms with Gasteiger partial charge in [-0.2, -0.15) is 0 Å². The van der Waals surface area contributed by atoms with Crippen LogP contribution < -0.4 is 0 Å². The normalized spacial score (nSPS) is 16.9. The summed E-state index contributed by atoms with van der Waals surface area (Å²) in [6, 6.07) is 2.00. The Balaban J connectivity index is 2.02. The summed E-state index contributed by atoms with van der Waals surface area (Å²) in [6.45, 7) is 5.22. The maximum absolute atomic E-state index is 10.8. The van der Waals surface area contributed by atoms with Crippen LogP contribution in [0, 0.1) is 19.8 Å². The highest BCUT2D eigenvalue weighted by atomic mass is 16.1. The number of hydrogen-bond donors (Lipinski definition) is 0. The maximum Gasteiger partial charge on any atom is 0.151 e. The molecule has 16 heavy (non-hydrogen) atoms. The van der Waals surface area contributed by atoms with Crippen molar-refractivity contribution in [2.75, 3.05) is 0 Å². The van der Waals surface area contributed by atoms with Crippen LogP contribution in [0.5, 0.6) is 0 Å². The van der Waals surface area contributed by atoms with Crippen LogP contribution in [-0.2, 0) is 6.54 Å². The minimum absolute atomic E-state index is 0.851. The molecule has 1 aromatic rings. The molecule has 0 bridgehead atoms. The van der Waals surface area contributed by atoms with Crippen LogP contribution in [0.15, 0.2) is 6.07 Å². The average molecular weight is 219 g/mol. The standard InChI is InChI=1S/C14H21NO/c1-11-9-14(10-16)12(2)15(11)8-7-13-5-3-4-6-13/h9-10,13H,3-8H2,1-2H3. The maximum atomic E-state index is 10.8. The van der Waals surface area contributed by atoms with Crippen molar-refractivity contribution in [1.82, 2.24) is 4.57 Å². The van der Waals surface area contributed by atoms with Crippen LogP contribution >= 0.6 is 0 Å². The minimum atomic E-state index is 0.851. The second-order valence-electron chi connectivity index (χ2n) is 5.04. The minimum Gasteiger partial charge on any atom is -0.348 e. The fraction of sp³-hybridized carbons (Fsp3) is 0.643. The highest BCUT2D eigenvalue weighted by Crippen LogP contribution is 2.28. The van der Waals surface area contributed by atoms with Crippen molar-refractivity contribution in [3.8, 4) is 0 Å². The molecule has 2 nitrogen and oxygen atoms in total. The second kappa shape index (κ2) is 4.86. The summed E-state index contributed by atoms with van der Waals surface area (Å²) in [5, 5.41) is 0. The van der Waals surface area contributed by atoms with Crippen molar-refractivity contribution in [3.05, 3.63) is 23.0 Å². The van der Waals surface area contributed by atoms with Gasteiger partial charge < -0.3 is 4.57 Å². The molecule has 88 valence electrons. The summed E-state index contributed by atoms with van der Waals surface area (Å²) in [7, 11) is 0. The molecule has 0 aromatic carbocycles. The first kappa shape index (κ1) is 11.4. The molecule has 1 saturated carbocycles. The van der Waals surface area contributed by atoms with Gasteiger partial charge in [0.05, 0.1) is 0 Å². The fourth-order valence-corrected chi connectivity index (χ4v) is 2.90. The zero-order valence-corrected chi connectivity index (χ0v) is 10.3. The molecular weight excluding hydrogens is 198 g/mol. The first-order valence-electron chi connectivity index (χ1n) is 6.34. The van der Waals surface area contributed by atoms with E-state index in [0.29, 0.717) is 0 Å². The van der Waals surface area contributed by atoms with E-state index in [1.807, 2.05) is 13.0 Å². The molecule has 0 amide bonds. The lowest BCUT2D eigenvalue weighted by molar-refractivity contribution is 0.112. The van der Waals surface area contributed by atoms with Gasteiger partial charge in [-0.05, 0) is 32.3 Å². The van der Waals surface area contributed by atoms with Gasteiger partial charge in [0.2, 0.25) is 0 Å². The average Bonchev–Trinajstić information content (AvgIpc) is 2.86. The van der Waals surface area contributed by atoms with Crippen LogP contribution in [-0.4, -0.2) is 10.9 Å². The zero-order valence-electron chi connectivity index (χ0n) is 10.3. The van der Waals surface area contributed by atoms with E-state index in [4.69, 9.17) is 0 Å². The van der Waals surface area contributed by atoms with E-state index >= 15 is 0 Å². The van der Waals surface area contributed by atoms with Gasteiger partial charge in [0.1, 0.15) is 0 Å². The van der Waals surface area contributed by atoms with E-state index in [0.717, 1.165) is 30.0 Å². The molecule has 0 atom stereocenters. The van der Waals surface area contributed by atoms with E-state index in [-0.39, 0.29) is 0 Å². The van der Waals surface area contributed by atoms with Crippen molar-refractivity contribution >= 4 is 6.29 Å². The third-order valence-corrected chi connectivity index (χ3v) is 3.98. The number of aryl methyl sites for hydroxylation is 1. The number of nitrogens with zero attached hydrogens (tertiary/aromatic N) is 1. The molecule has 0 saturated heterocycles. The lowest BCUT2D eigenvalue weighted by atomic mass is 10.0. The molecule has 1 heterocycles. The monoisotopic (exact) mass is 219 g/mol. The Hall–Kier alpha value is -1.05. The number of rotatable bonds is 4. The first-order chi connectivity index (χ1) is 7.72. The Morgan fingerprint density at radius 1 is 1.38 bits per heavy atom. The summed E-state index contributed by atoms with van der Waals surface area (Å²) in [4.78, 5) is 10.8. The number of carbonyl (C=O) groups is 1. The van der Waals surface area contributed by atoms with Gasteiger partial charge in [0, 0.05) is 23.5 Å². The number of carbonyl (C=O) groups excluding carboxylic acids is 1. The summed E-state index contributed by atoms with van der Waals surface area (Å²) < 4.78 is 2.29. The third kappa shape index (κ3) is 2.21. The molecule has 2 heteroatoms. The summed E-state index contributed by atoms with van der Waals surface area (Å²) in [6.07, 6.45) is 7.87. The van der Waals surface area contributed by atoms with Crippen LogP contribution in [0.2, 0.25) is 0 Å². The van der Waals surface area contributed by atoms with E-state index in [1.165, 1.54) is 37.8 Å². The molecule has 1 fully saturated rings. The van der Waals surface area contributed by atoms with Crippen LogP contribution in [0.1, 0.15) is 53.8 Å². The van der Waals surface area contributed by atoms with Crippen molar-refractivity contribution in [3.63, 3.8) is 0 Å². The Labute approximate surface area is 97.7 Å². The second-order valence-corrected chi connectivity index (χ2v) is 5.04.